The van der Waals surface area contributed by atoms with Gasteiger partial charge in [0.1, 0.15) is 6.61 Å². The fraction of sp³-hybridized carbons (Fsp3) is 0.120. The molecule has 4 aromatic rings. The number of nitrogens with one attached hydrogen (secondary N) is 1. The van der Waals surface area contributed by atoms with E-state index in [1.54, 1.807) is 48.5 Å². The van der Waals surface area contributed by atoms with Crippen molar-refractivity contribution in [2.45, 2.75) is 13.5 Å². The van der Waals surface area contributed by atoms with Gasteiger partial charge in [0, 0.05) is 37.8 Å². The number of carbonyl (C=O) groups excluding carboxylic acids is 1. The van der Waals surface area contributed by atoms with Crippen LogP contribution in [0.15, 0.2) is 65.8 Å². The van der Waals surface area contributed by atoms with E-state index in [9.17, 15) is 14.9 Å². The van der Waals surface area contributed by atoms with Gasteiger partial charge in [0.2, 0.25) is 0 Å². The molecule has 0 bridgehead atoms. The van der Waals surface area contributed by atoms with E-state index in [-0.39, 0.29) is 12.3 Å². The zero-order chi connectivity index (χ0) is 25.7. The van der Waals surface area contributed by atoms with Gasteiger partial charge >= 0.3 is 0 Å². The predicted octanol–water partition coefficient (Wildman–Crippen LogP) is 6.86. The minimum atomic E-state index is -0.471. The van der Waals surface area contributed by atoms with Gasteiger partial charge in [-0.15, -0.1) is 11.3 Å². The zero-order valence-corrected chi connectivity index (χ0v) is 21.2. The Morgan fingerprint density at radius 2 is 1.92 bits per heavy atom. The number of nitro benzene ring substituents is 1. The maximum atomic E-state index is 12.5. The van der Waals surface area contributed by atoms with Crippen LogP contribution in [0, 0.1) is 10.1 Å². The Morgan fingerprint density at radius 3 is 2.67 bits per heavy atom. The molecule has 0 saturated heterocycles. The highest BCUT2D eigenvalue weighted by molar-refractivity contribution is 7.20. The van der Waals surface area contributed by atoms with Gasteiger partial charge in [-0.25, -0.2) is 5.43 Å². The number of hydrogen-bond donors (Lipinski definition) is 1. The van der Waals surface area contributed by atoms with Gasteiger partial charge in [0.25, 0.3) is 11.6 Å². The number of nitro groups is 1. The van der Waals surface area contributed by atoms with Crippen molar-refractivity contribution in [1.29, 1.82) is 0 Å². The molecule has 0 fully saturated rings. The molecule has 36 heavy (non-hydrogen) atoms. The average Bonchev–Trinajstić information content (AvgIpc) is 3.28. The van der Waals surface area contributed by atoms with Crippen LogP contribution in [0.4, 0.5) is 5.69 Å². The fourth-order valence-electron chi connectivity index (χ4n) is 3.26. The maximum Gasteiger partial charge on any atom is 0.281 e. The van der Waals surface area contributed by atoms with Crippen LogP contribution in [0.25, 0.3) is 10.1 Å². The molecule has 0 radical (unpaired) electrons. The number of hydrazone groups is 1. The van der Waals surface area contributed by atoms with Crippen LogP contribution in [0.2, 0.25) is 10.0 Å². The first-order valence-corrected chi connectivity index (χ1v) is 12.3. The van der Waals surface area contributed by atoms with E-state index in [0.717, 1.165) is 10.3 Å². The van der Waals surface area contributed by atoms with Crippen LogP contribution in [0.3, 0.4) is 0 Å². The molecule has 184 valence electrons. The molecule has 0 aliphatic heterocycles. The lowest BCUT2D eigenvalue weighted by molar-refractivity contribution is -0.384. The molecule has 1 heterocycles. The molecule has 0 unspecified atom stereocenters. The van der Waals surface area contributed by atoms with E-state index >= 15 is 0 Å². The molecule has 0 saturated carbocycles. The third-order valence-electron chi connectivity index (χ3n) is 4.98. The van der Waals surface area contributed by atoms with Crippen molar-refractivity contribution in [3.63, 3.8) is 0 Å². The molecule has 0 atom stereocenters. The molecule has 4 rings (SSSR count). The molecule has 0 aliphatic rings. The Hall–Kier alpha value is -3.66. The quantitative estimate of drug-likeness (QED) is 0.141. The number of halogens is 2. The number of rotatable bonds is 9. The van der Waals surface area contributed by atoms with Gasteiger partial charge in [-0.3, -0.25) is 14.9 Å². The normalized spacial score (nSPS) is 11.1. The summed E-state index contributed by atoms with van der Waals surface area (Å²) >= 11 is 13.4. The van der Waals surface area contributed by atoms with Crippen molar-refractivity contribution in [3.8, 4) is 11.5 Å². The largest absolute Gasteiger partial charge is 0.490 e. The number of thiophene rings is 1. The summed E-state index contributed by atoms with van der Waals surface area (Å²) in [6, 6.07) is 16.5. The molecule has 1 N–H and O–H groups in total. The smallest absolute Gasteiger partial charge is 0.281 e. The number of carbonyl (C=O) groups is 1. The SMILES string of the molecule is CCOc1cc(/C=N\NC(=O)c2cc3cc([N+](=O)[O-])ccc3s2)ccc1OCc1ccc(Cl)cc1Cl. The summed E-state index contributed by atoms with van der Waals surface area (Å²) in [5.41, 5.74) is 3.92. The molecule has 1 amide bonds. The van der Waals surface area contributed by atoms with Gasteiger partial charge in [-0.1, -0.05) is 29.3 Å². The fourth-order valence-corrected chi connectivity index (χ4v) is 4.66. The second kappa shape index (κ2) is 11.4. The van der Waals surface area contributed by atoms with Gasteiger partial charge in [0.05, 0.1) is 22.6 Å². The Kier molecular flexibility index (Phi) is 8.04. The molecule has 8 nitrogen and oxygen atoms in total. The lowest BCUT2D eigenvalue weighted by atomic mass is 10.2. The Labute approximate surface area is 220 Å². The van der Waals surface area contributed by atoms with Gasteiger partial charge in [-0.2, -0.15) is 5.10 Å². The van der Waals surface area contributed by atoms with E-state index in [1.807, 2.05) is 6.92 Å². The third-order valence-corrected chi connectivity index (χ3v) is 6.68. The second-order valence-corrected chi connectivity index (χ2v) is 9.38. The highest BCUT2D eigenvalue weighted by Crippen LogP contribution is 2.31. The van der Waals surface area contributed by atoms with Crippen LogP contribution in [0.1, 0.15) is 27.7 Å². The summed E-state index contributed by atoms with van der Waals surface area (Å²) in [5, 5.41) is 16.7. The standard InChI is InChI=1S/C25H19Cl2N3O5S/c1-2-34-22-9-15(3-7-21(22)35-14-16-4-5-18(26)12-20(16)27)13-28-29-25(31)24-11-17-10-19(30(32)33)6-8-23(17)36-24/h3-13H,2,14H2,1H3,(H,29,31)/b28-13-. The molecule has 11 heteroatoms. The number of nitrogens with zero attached hydrogens (tertiary/aromatic N) is 2. The average molecular weight is 544 g/mol. The second-order valence-electron chi connectivity index (χ2n) is 7.45. The van der Waals surface area contributed by atoms with E-state index in [0.29, 0.717) is 44.0 Å². The lowest BCUT2D eigenvalue weighted by Gasteiger charge is -2.13. The van der Waals surface area contributed by atoms with Crippen LogP contribution in [-0.2, 0) is 6.61 Å². The number of hydrogen-bond acceptors (Lipinski definition) is 7. The number of fused-ring (bicyclic) bond motifs is 1. The predicted molar refractivity (Wildman–Crippen MR) is 142 cm³/mol. The van der Waals surface area contributed by atoms with Crippen LogP contribution in [0.5, 0.6) is 11.5 Å². The number of benzene rings is 3. The van der Waals surface area contributed by atoms with Gasteiger partial charge < -0.3 is 9.47 Å². The van der Waals surface area contributed by atoms with Crippen LogP contribution < -0.4 is 14.9 Å². The first kappa shape index (κ1) is 25.4. The van der Waals surface area contributed by atoms with E-state index in [1.165, 1.54) is 29.7 Å². The Balaban J connectivity index is 1.43. The minimum absolute atomic E-state index is 0.0286. The van der Waals surface area contributed by atoms with E-state index < -0.39 is 10.8 Å². The van der Waals surface area contributed by atoms with E-state index in [2.05, 4.69) is 10.5 Å². The van der Waals surface area contributed by atoms with Gasteiger partial charge in [-0.05, 0) is 55.0 Å². The van der Waals surface area contributed by atoms with Gasteiger partial charge in [0.15, 0.2) is 11.5 Å². The Bertz CT molecular complexity index is 1470. The van der Waals surface area contributed by atoms with Crippen molar-refractivity contribution in [2.24, 2.45) is 5.10 Å². The highest BCUT2D eigenvalue weighted by Gasteiger charge is 2.13. The summed E-state index contributed by atoms with van der Waals surface area (Å²) in [5.74, 6) is 0.632. The number of ether oxygens (including phenoxy) is 2. The molecule has 3 aromatic carbocycles. The lowest BCUT2D eigenvalue weighted by Crippen LogP contribution is -2.16. The van der Waals surface area contributed by atoms with E-state index in [4.69, 9.17) is 32.7 Å². The number of non-ortho nitro benzene ring substituents is 1. The summed E-state index contributed by atoms with van der Waals surface area (Å²) in [4.78, 5) is 23.4. The molecular weight excluding hydrogens is 525 g/mol. The van der Waals surface area contributed by atoms with Crippen molar-refractivity contribution < 1.29 is 19.2 Å². The van der Waals surface area contributed by atoms with Crippen LogP contribution in [-0.4, -0.2) is 23.7 Å². The van der Waals surface area contributed by atoms with Crippen molar-refractivity contribution in [3.05, 3.63) is 96.8 Å². The first-order chi connectivity index (χ1) is 17.3. The number of amides is 1. The highest BCUT2D eigenvalue weighted by atomic mass is 35.5. The first-order valence-electron chi connectivity index (χ1n) is 10.7. The zero-order valence-electron chi connectivity index (χ0n) is 18.9. The third kappa shape index (κ3) is 6.12. The summed E-state index contributed by atoms with van der Waals surface area (Å²) in [6.07, 6.45) is 1.48. The summed E-state index contributed by atoms with van der Waals surface area (Å²) in [7, 11) is 0. The monoisotopic (exact) mass is 543 g/mol. The summed E-state index contributed by atoms with van der Waals surface area (Å²) < 4.78 is 12.4. The van der Waals surface area contributed by atoms with Crippen molar-refractivity contribution in [2.75, 3.05) is 6.61 Å². The van der Waals surface area contributed by atoms with Crippen LogP contribution >= 0.6 is 34.5 Å². The topological polar surface area (TPSA) is 103 Å². The Morgan fingerprint density at radius 1 is 1.08 bits per heavy atom. The minimum Gasteiger partial charge on any atom is -0.490 e. The molecule has 0 aliphatic carbocycles. The summed E-state index contributed by atoms with van der Waals surface area (Å²) in [6.45, 7) is 2.53. The maximum absolute atomic E-state index is 12.5. The van der Waals surface area contributed by atoms with Crippen molar-refractivity contribution in [1.82, 2.24) is 5.43 Å². The van der Waals surface area contributed by atoms with Crippen molar-refractivity contribution >= 4 is 62.4 Å². The molecule has 0 spiro atoms. The molecular formula is C25H19Cl2N3O5S. The molecule has 1 aromatic heterocycles.